The Morgan fingerprint density at radius 3 is 2.59 bits per heavy atom. The molecule has 0 aliphatic heterocycles. The highest BCUT2D eigenvalue weighted by Crippen LogP contribution is 2.31. The van der Waals surface area contributed by atoms with Crippen LogP contribution in [0.25, 0.3) is 0 Å². The maximum Gasteiger partial charge on any atom is 0.319 e. The van der Waals surface area contributed by atoms with Gasteiger partial charge in [0, 0.05) is 6.54 Å². The summed E-state index contributed by atoms with van der Waals surface area (Å²) >= 11 is 3.57. The summed E-state index contributed by atoms with van der Waals surface area (Å²) in [6.07, 6.45) is 0.699. The average Bonchev–Trinajstić information content (AvgIpc) is 2.58. The maximum absolute atomic E-state index is 12.0. The van der Waals surface area contributed by atoms with Crippen LogP contribution in [0, 0.1) is 6.92 Å². The average molecular weight is 434 g/mol. The van der Waals surface area contributed by atoms with Crippen LogP contribution in [-0.4, -0.2) is 19.2 Å². The van der Waals surface area contributed by atoms with Gasteiger partial charge in [-0.15, -0.1) is 0 Å². The van der Waals surface area contributed by atoms with Crippen LogP contribution in [0.3, 0.4) is 0 Å². The van der Waals surface area contributed by atoms with Crippen LogP contribution in [0.4, 0.5) is 16.2 Å². The molecule has 4 N–H and O–H groups in total. The van der Waals surface area contributed by atoms with E-state index in [-0.39, 0.29) is 11.4 Å². The predicted molar refractivity (Wildman–Crippen MR) is 116 cm³/mol. The van der Waals surface area contributed by atoms with Crippen molar-refractivity contribution in [2.75, 3.05) is 24.2 Å². The van der Waals surface area contributed by atoms with E-state index in [1.165, 1.54) is 5.56 Å². The van der Waals surface area contributed by atoms with Crippen molar-refractivity contribution in [3.63, 3.8) is 0 Å². The summed E-state index contributed by atoms with van der Waals surface area (Å²) in [7, 11) is 0. The number of hydrogen-bond acceptors (Lipinski definition) is 3. The summed E-state index contributed by atoms with van der Waals surface area (Å²) in [6.45, 7) is 9.50. The van der Waals surface area contributed by atoms with E-state index in [0.717, 1.165) is 15.8 Å². The topological polar surface area (TPSA) is 76.4 Å². The molecule has 0 heterocycles. The number of rotatable bonds is 6. The van der Waals surface area contributed by atoms with Gasteiger partial charge in [0.2, 0.25) is 0 Å². The molecule has 0 radical (unpaired) electrons. The molecule has 0 aliphatic carbocycles. The number of anilines is 2. The highest BCUT2D eigenvalue weighted by atomic mass is 79.9. The van der Waals surface area contributed by atoms with Gasteiger partial charge in [0.25, 0.3) is 0 Å². The van der Waals surface area contributed by atoms with E-state index in [9.17, 15) is 4.79 Å². The number of carbonyl (C=O) groups is 1. The van der Waals surface area contributed by atoms with Crippen molar-refractivity contribution < 1.29 is 9.53 Å². The first kappa shape index (κ1) is 21.1. The van der Waals surface area contributed by atoms with E-state index in [1.54, 1.807) is 6.07 Å². The number of nitrogen functional groups attached to an aromatic ring is 1. The van der Waals surface area contributed by atoms with E-state index in [2.05, 4.69) is 59.5 Å². The standard InChI is InChI=1S/C21H28BrN3O2/c1-14-6-8-17(23)18(12-14)25-20(26)24-10-5-11-27-19-9-7-15(13-16(19)22)21(2,3)4/h6-9,12-13H,5,10-11,23H2,1-4H3,(H2,24,25,26). The molecule has 0 saturated heterocycles. The number of benzene rings is 2. The minimum atomic E-state index is -0.275. The number of urea groups is 1. The largest absolute Gasteiger partial charge is 0.492 e. The number of hydrogen-bond donors (Lipinski definition) is 3. The lowest BCUT2D eigenvalue weighted by Crippen LogP contribution is -2.30. The Labute approximate surface area is 169 Å². The van der Waals surface area contributed by atoms with Crippen LogP contribution in [0.5, 0.6) is 5.75 Å². The molecule has 0 aromatic heterocycles. The summed E-state index contributed by atoms with van der Waals surface area (Å²) in [5.41, 5.74) is 9.40. The van der Waals surface area contributed by atoms with Gasteiger partial charge in [-0.05, 0) is 70.1 Å². The summed E-state index contributed by atoms with van der Waals surface area (Å²) in [4.78, 5) is 12.0. The molecule has 0 bridgehead atoms. The molecule has 2 aromatic rings. The molecular weight excluding hydrogens is 406 g/mol. The molecule has 27 heavy (non-hydrogen) atoms. The lowest BCUT2D eigenvalue weighted by atomic mass is 9.87. The van der Waals surface area contributed by atoms with Crippen LogP contribution in [0.15, 0.2) is 40.9 Å². The molecule has 6 heteroatoms. The van der Waals surface area contributed by atoms with Crippen molar-refractivity contribution in [2.24, 2.45) is 0 Å². The Morgan fingerprint density at radius 2 is 1.93 bits per heavy atom. The third-order valence-electron chi connectivity index (χ3n) is 4.12. The minimum absolute atomic E-state index is 0.0962. The first-order valence-electron chi connectivity index (χ1n) is 9.00. The molecular formula is C21H28BrN3O2. The molecule has 0 fully saturated rings. The van der Waals surface area contributed by atoms with E-state index in [4.69, 9.17) is 10.5 Å². The Morgan fingerprint density at radius 1 is 1.19 bits per heavy atom. The molecule has 0 unspecified atom stereocenters. The molecule has 2 aromatic carbocycles. The fourth-order valence-corrected chi connectivity index (χ4v) is 2.98. The second-order valence-corrected chi connectivity index (χ2v) is 8.42. The van der Waals surface area contributed by atoms with Gasteiger partial charge >= 0.3 is 6.03 Å². The number of nitrogens with two attached hydrogens (primary N) is 1. The lowest BCUT2D eigenvalue weighted by molar-refractivity contribution is 0.250. The van der Waals surface area contributed by atoms with Gasteiger partial charge in [-0.1, -0.05) is 32.9 Å². The summed E-state index contributed by atoms with van der Waals surface area (Å²) in [5.74, 6) is 0.806. The monoisotopic (exact) mass is 433 g/mol. The smallest absolute Gasteiger partial charge is 0.319 e. The Hall–Kier alpha value is -2.21. The zero-order valence-corrected chi connectivity index (χ0v) is 17.9. The van der Waals surface area contributed by atoms with Gasteiger partial charge < -0.3 is 21.1 Å². The number of nitrogens with one attached hydrogen (secondary N) is 2. The molecule has 0 spiro atoms. The minimum Gasteiger partial charge on any atom is -0.492 e. The van der Waals surface area contributed by atoms with Crippen molar-refractivity contribution in [3.8, 4) is 5.75 Å². The van der Waals surface area contributed by atoms with Gasteiger partial charge in [0.15, 0.2) is 0 Å². The molecule has 2 amide bonds. The van der Waals surface area contributed by atoms with Crippen molar-refractivity contribution in [3.05, 3.63) is 52.0 Å². The van der Waals surface area contributed by atoms with Crippen molar-refractivity contribution >= 4 is 33.3 Å². The lowest BCUT2D eigenvalue weighted by Gasteiger charge is -2.20. The third-order valence-corrected chi connectivity index (χ3v) is 4.74. The van der Waals surface area contributed by atoms with Gasteiger partial charge in [-0.25, -0.2) is 4.79 Å². The normalized spacial score (nSPS) is 11.1. The maximum atomic E-state index is 12.0. The molecule has 0 saturated carbocycles. The van der Waals surface area contributed by atoms with Crippen molar-refractivity contribution in [2.45, 2.75) is 39.5 Å². The van der Waals surface area contributed by atoms with Crippen LogP contribution in [0.2, 0.25) is 0 Å². The SMILES string of the molecule is Cc1ccc(N)c(NC(=O)NCCCOc2ccc(C(C)(C)C)cc2Br)c1. The van der Waals surface area contributed by atoms with E-state index < -0.39 is 0 Å². The zero-order valence-electron chi connectivity index (χ0n) is 16.4. The van der Waals surface area contributed by atoms with Gasteiger partial charge in [0.05, 0.1) is 22.5 Å². The van der Waals surface area contributed by atoms with Crippen LogP contribution >= 0.6 is 15.9 Å². The van der Waals surface area contributed by atoms with Gasteiger partial charge in [-0.2, -0.15) is 0 Å². The van der Waals surface area contributed by atoms with Crippen LogP contribution in [-0.2, 0) is 5.41 Å². The predicted octanol–water partition coefficient (Wildman–Crippen LogP) is 5.23. The summed E-state index contributed by atoms with van der Waals surface area (Å²) < 4.78 is 6.74. The van der Waals surface area contributed by atoms with Crippen molar-refractivity contribution in [1.82, 2.24) is 5.32 Å². The van der Waals surface area contributed by atoms with Crippen molar-refractivity contribution in [1.29, 1.82) is 0 Å². The zero-order chi connectivity index (χ0) is 20.0. The Balaban J connectivity index is 1.74. The first-order valence-corrected chi connectivity index (χ1v) is 9.80. The number of aryl methyl sites for hydroxylation is 1. The molecule has 146 valence electrons. The second-order valence-electron chi connectivity index (χ2n) is 7.57. The molecule has 2 rings (SSSR count). The second kappa shape index (κ2) is 9.13. The Kier molecular flexibility index (Phi) is 7.13. The van der Waals surface area contributed by atoms with E-state index in [1.807, 2.05) is 25.1 Å². The molecule has 0 aliphatic rings. The summed E-state index contributed by atoms with van der Waals surface area (Å²) in [5, 5.41) is 5.58. The fraction of sp³-hybridized carbons (Fsp3) is 0.381. The highest BCUT2D eigenvalue weighted by Gasteiger charge is 2.15. The van der Waals surface area contributed by atoms with Crippen LogP contribution < -0.4 is 21.1 Å². The van der Waals surface area contributed by atoms with Crippen LogP contribution in [0.1, 0.15) is 38.3 Å². The third kappa shape index (κ3) is 6.47. The molecule has 0 atom stereocenters. The van der Waals surface area contributed by atoms with Gasteiger partial charge in [-0.3, -0.25) is 0 Å². The summed E-state index contributed by atoms with van der Waals surface area (Å²) in [6, 6.07) is 11.4. The van der Waals surface area contributed by atoms with Gasteiger partial charge in [0.1, 0.15) is 5.75 Å². The number of ether oxygens (including phenoxy) is 1. The number of halogens is 1. The Bertz CT molecular complexity index is 800. The molecule has 5 nitrogen and oxygen atoms in total. The first-order chi connectivity index (χ1) is 12.7. The fourth-order valence-electron chi connectivity index (χ4n) is 2.49. The highest BCUT2D eigenvalue weighted by molar-refractivity contribution is 9.10. The van der Waals surface area contributed by atoms with E-state index >= 15 is 0 Å². The number of carbonyl (C=O) groups excluding carboxylic acids is 1. The number of amides is 2. The quantitative estimate of drug-likeness (QED) is 0.431. The van der Waals surface area contributed by atoms with E-state index in [0.29, 0.717) is 30.9 Å².